The van der Waals surface area contributed by atoms with E-state index in [4.69, 9.17) is 14.2 Å². The summed E-state index contributed by atoms with van der Waals surface area (Å²) in [5, 5.41) is 0. The molecule has 1 aromatic heterocycles. The van der Waals surface area contributed by atoms with Gasteiger partial charge in [-0.3, -0.25) is 9.59 Å². The van der Waals surface area contributed by atoms with E-state index in [1.165, 1.54) is 12.1 Å². The van der Waals surface area contributed by atoms with Gasteiger partial charge in [0.15, 0.2) is 17.3 Å². The number of benzene rings is 3. The van der Waals surface area contributed by atoms with E-state index >= 15 is 0 Å². The zero-order chi connectivity index (χ0) is 33.0. The van der Waals surface area contributed by atoms with Crippen LogP contribution in [0, 0.1) is 17.2 Å². The molecule has 3 heterocycles. The average molecular weight is 643 g/mol. The van der Waals surface area contributed by atoms with Crippen molar-refractivity contribution in [2.75, 3.05) is 47.5 Å². The Morgan fingerprint density at radius 2 is 1.66 bits per heavy atom. The fourth-order valence-electron chi connectivity index (χ4n) is 7.29. The first-order valence-electron chi connectivity index (χ1n) is 16.4. The number of hydrogen-bond acceptors (Lipinski definition) is 7. The van der Waals surface area contributed by atoms with Crippen molar-refractivity contribution in [3.8, 4) is 17.2 Å². The first-order valence-corrected chi connectivity index (χ1v) is 16.4. The number of imidazole rings is 1. The van der Waals surface area contributed by atoms with Gasteiger partial charge in [-0.1, -0.05) is 24.3 Å². The number of fused-ring (bicyclic) bond motifs is 1. The number of halogens is 1. The summed E-state index contributed by atoms with van der Waals surface area (Å²) in [4.78, 5) is 39.5. The van der Waals surface area contributed by atoms with E-state index in [-0.39, 0.29) is 23.4 Å². The lowest BCUT2D eigenvalue weighted by Crippen LogP contribution is -2.39. The van der Waals surface area contributed by atoms with Gasteiger partial charge in [0.05, 0.1) is 37.8 Å². The Hall–Kier alpha value is -4.44. The monoisotopic (exact) mass is 642 g/mol. The van der Waals surface area contributed by atoms with Gasteiger partial charge < -0.3 is 29.0 Å². The summed E-state index contributed by atoms with van der Waals surface area (Å²) in [6, 6.07) is 18.0. The lowest BCUT2D eigenvalue weighted by molar-refractivity contribution is -0.137. The Kier molecular flexibility index (Phi) is 9.77. The summed E-state index contributed by atoms with van der Waals surface area (Å²) in [5.41, 5.74) is 2.97. The normalized spacial score (nSPS) is 19.0. The van der Waals surface area contributed by atoms with Crippen molar-refractivity contribution < 1.29 is 28.2 Å². The molecule has 3 aromatic carbocycles. The topological polar surface area (TPSA) is 97.0 Å². The molecule has 0 saturated carbocycles. The lowest BCUT2D eigenvalue weighted by Gasteiger charge is -2.33. The predicted molar refractivity (Wildman–Crippen MR) is 177 cm³/mol. The van der Waals surface area contributed by atoms with Crippen LogP contribution in [0.1, 0.15) is 53.8 Å². The molecule has 2 fully saturated rings. The van der Waals surface area contributed by atoms with Gasteiger partial charge in [-0.2, -0.15) is 0 Å². The minimum atomic E-state index is -0.575. The van der Waals surface area contributed by atoms with Crippen LogP contribution in [0.5, 0.6) is 17.2 Å². The Labute approximate surface area is 275 Å². The van der Waals surface area contributed by atoms with E-state index in [1.54, 1.807) is 33.5 Å². The van der Waals surface area contributed by atoms with Crippen LogP contribution in [0.2, 0.25) is 0 Å². The number of nitrogens with zero attached hydrogens (tertiary/aromatic N) is 3. The number of aromatic amines is 1. The number of ketones is 1. The van der Waals surface area contributed by atoms with Crippen molar-refractivity contribution in [2.45, 2.75) is 45.1 Å². The van der Waals surface area contributed by atoms with Crippen molar-refractivity contribution in [1.82, 2.24) is 19.8 Å². The summed E-state index contributed by atoms with van der Waals surface area (Å²) in [6.45, 7) is 3.59. The summed E-state index contributed by atoms with van der Waals surface area (Å²) in [7, 11) is 4.73. The molecule has 0 radical (unpaired) electrons. The van der Waals surface area contributed by atoms with Crippen LogP contribution in [-0.2, 0) is 17.8 Å². The Morgan fingerprint density at radius 1 is 0.957 bits per heavy atom. The van der Waals surface area contributed by atoms with Crippen molar-refractivity contribution in [3.05, 3.63) is 83.4 Å². The molecule has 2 aliphatic heterocycles. The van der Waals surface area contributed by atoms with Gasteiger partial charge >= 0.3 is 0 Å². The number of methoxy groups -OCH3 is 3. The highest BCUT2D eigenvalue weighted by Crippen LogP contribution is 2.43. The lowest BCUT2D eigenvalue weighted by atomic mass is 9.76. The van der Waals surface area contributed by atoms with E-state index in [2.05, 4.69) is 14.9 Å². The van der Waals surface area contributed by atoms with E-state index in [1.807, 2.05) is 41.3 Å². The first-order chi connectivity index (χ1) is 22.8. The van der Waals surface area contributed by atoms with Gasteiger partial charge in [0.1, 0.15) is 5.82 Å². The number of nitrogens with one attached hydrogen (secondary N) is 1. The molecule has 0 spiro atoms. The number of amides is 1. The fraction of sp³-hybridized carbons (Fsp3) is 0.432. The number of hydrogen-bond donors (Lipinski definition) is 1. The number of para-hydroxylation sites is 2. The molecule has 47 heavy (non-hydrogen) atoms. The minimum Gasteiger partial charge on any atom is -0.493 e. The second kappa shape index (κ2) is 14.1. The van der Waals surface area contributed by atoms with Gasteiger partial charge in [-0.05, 0) is 106 Å². The van der Waals surface area contributed by atoms with Crippen LogP contribution in [0.25, 0.3) is 11.0 Å². The molecule has 0 aliphatic carbocycles. The van der Waals surface area contributed by atoms with Crippen LogP contribution >= 0.6 is 0 Å². The molecular formula is C37H43FN4O5. The smallest absolute Gasteiger partial charge is 0.229 e. The van der Waals surface area contributed by atoms with Crippen LogP contribution < -0.4 is 14.2 Å². The third-order valence-corrected chi connectivity index (χ3v) is 9.87. The molecule has 9 nitrogen and oxygen atoms in total. The number of likely N-dealkylation sites (tertiary alicyclic amines) is 2. The third kappa shape index (κ3) is 6.98. The van der Waals surface area contributed by atoms with Crippen molar-refractivity contribution in [2.24, 2.45) is 11.3 Å². The molecule has 2 saturated heterocycles. The second-order valence-electron chi connectivity index (χ2n) is 12.8. The summed E-state index contributed by atoms with van der Waals surface area (Å²) in [6.07, 6.45) is 4.45. The maximum Gasteiger partial charge on any atom is 0.229 e. The molecule has 10 heteroatoms. The van der Waals surface area contributed by atoms with Crippen molar-refractivity contribution in [3.63, 3.8) is 0 Å². The molecule has 248 valence electrons. The van der Waals surface area contributed by atoms with Gasteiger partial charge in [-0.15, -0.1) is 0 Å². The Balaban J connectivity index is 1.10. The zero-order valence-electron chi connectivity index (χ0n) is 27.4. The maximum absolute atomic E-state index is 14.2. The highest BCUT2D eigenvalue weighted by atomic mass is 19.1. The maximum atomic E-state index is 14.2. The van der Waals surface area contributed by atoms with Crippen molar-refractivity contribution >= 4 is 22.7 Å². The van der Waals surface area contributed by atoms with E-state index in [9.17, 15) is 14.0 Å². The number of ether oxygens (including phenoxy) is 3. The van der Waals surface area contributed by atoms with Crippen LogP contribution in [-0.4, -0.2) is 79.0 Å². The second-order valence-corrected chi connectivity index (χ2v) is 12.8. The standard InChI is InChI=1S/C37H43FN4O5/c1-45-31-21-26(22-32(46-2)34(31)47-3)24-42-20-16-37(36(42)44,23-25-9-11-28(38)12-10-25)15-6-17-41-18-13-27(14-19-41)33(43)35-39-29-7-4-5-8-30(29)40-35/h4-5,7-12,21-22,27H,6,13-20,23-24H2,1-3H3,(H,39,40). The summed E-state index contributed by atoms with van der Waals surface area (Å²) < 4.78 is 30.3. The molecule has 4 aromatic rings. The van der Waals surface area contributed by atoms with Gasteiger partial charge in [0.25, 0.3) is 0 Å². The molecule has 2 aliphatic rings. The average Bonchev–Trinajstić information content (AvgIpc) is 3.66. The predicted octanol–water partition coefficient (Wildman–Crippen LogP) is 6.06. The SMILES string of the molecule is COc1cc(CN2CCC(CCCN3CCC(C(=O)c4nc5ccccc5[nH]4)CC3)(Cc3ccc(F)cc3)C2=O)cc(OC)c1OC. The van der Waals surface area contributed by atoms with Gasteiger partial charge in [0, 0.05) is 19.0 Å². The highest BCUT2D eigenvalue weighted by molar-refractivity contribution is 5.97. The minimum absolute atomic E-state index is 0.0446. The van der Waals surface area contributed by atoms with Gasteiger partial charge in [0.2, 0.25) is 17.4 Å². The molecule has 0 bridgehead atoms. The largest absolute Gasteiger partial charge is 0.493 e. The number of piperidine rings is 1. The Bertz CT molecular complexity index is 1660. The molecule has 1 atom stereocenters. The van der Waals surface area contributed by atoms with Crippen LogP contribution in [0.4, 0.5) is 4.39 Å². The first kappa shape index (κ1) is 32.5. The third-order valence-electron chi connectivity index (χ3n) is 9.87. The molecule has 1 unspecified atom stereocenters. The van der Waals surface area contributed by atoms with Crippen molar-refractivity contribution in [1.29, 1.82) is 0 Å². The van der Waals surface area contributed by atoms with E-state index < -0.39 is 5.41 Å². The zero-order valence-corrected chi connectivity index (χ0v) is 27.4. The number of aromatic nitrogens is 2. The highest BCUT2D eigenvalue weighted by Gasteiger charge is 2.46. The molecular weight excluding hydrogens is 599 g/mol. The molecule has 6 rings (SSSR count). The molecule has 1 amide bonds. The number of rotatable bonds is 13. The number of Topliss-reactive ketones (excluding diaryl/α,β-unsaturated/α-hetero) is 1. The fourth-order valence-corrected chi connectivity index (χ4v) is 7.29. The quantitative estimate of drug-likeness (QED) is 0.177. The Morgan fingerprint density at radius 3 is 2.32 bits per heavy atom. The molecule has 1 N–H and O–H groups in total. The summed E-state index contributed by atoms with van der Waals surface area (Å²) >= 11 is 0. The number of carbonyl (C=O) groups is 2. The number of carbonyl (C=O) groups excluding carboxylic acids is 2. The van der Waals surface area contributed by atoms with Gasteiger partial charge in [-0.25, -0.2) is 9.37 Å². The van der Waals surface area contributed by atoms with Crippen LogP contribution in [0.3, 0.4) is 0 Å². The number of H-pyrrole nitrogens is 1. The summed E-state index contributed by atoms with van der Waals surface area (Å²) in [5.74, 6) is 1.93. The van der Waals surface area contributed by atoms with E-state index in [0.29, 0.717) is 42.6 Å². The van der Waals surface area contributed by atoms with E-state index in [0.717, 1.165) is 73.9 Å². The van der Waals surface area contributed by atoms with Crippen LogP contribution in [0.15, 0.2) is 60.7 Å².